The molecule has 1 saturated heterocycles. The van der Waals surface area contributed by atoms with Crippen molar-refractivity contribution in [3.8, 4) is 0 Å². The second-order valence-corrected chi connectivity index (χ2v) is 6.16. The monoisotopic (exact) mass is 353 g/mol. The predicted octanol–water partition coefficient (Wildman–Crippen LogP) is 3.28. The fraction of sp³-hybridized carbons (Fsp3) is 0.267. The van der Waals surface area contributed by atoms with Gasteiger partial charge in [-0.05, 0) is 25.1 Å². The molecule has 2 heterocycles. The Morgan fingerprint density at radius 1 is 1.39 bits per heavy atom. The molecule has 1 aliphatic heterocycles. The number of benzene rings is 1. The number of aryl methyl sites for hydroxylation is 1. The SMILES string of the molecule is Cc1cc(N2CC(C(=O)Nc3ccc(Cl)cc3Cl)CC2=O)no1. The zero-order valence-corrected chi connectivity index (χ0v) is 13.7. The summed E-state index contributed by atoms with van der Waals surface area (Å²) < 4.78 is 4.97. The van der Waals surface area contributed by atoms with Gasteiger partial charge in [-0.15, -0.1) is 0 Å². The van der Waals surface area contributed by atoms with Crippen LogP contribution in [0.5, 0.6) is 0 Å². The Morgan fingerprint density at radius 3 is 2.83 bits per heavy atom. The Morgan fingerprint density at radius 2 is 2.17 bits per heavy atom. The molecule has 1 aromatic heterocycles. The van der Waals surface area contributed by atoms with Crippen LogP contribution in [0.15, 0.2) is 28.8 Å². The summed E-state index contributed by atoms with van der Waals surface area (Å²) in [5, 5.41) is 7.37. The molecule has 3 rings (SSSR count). The Bertz CT molecular complexity index is 775. The molecular formula is C15H13Cl2N3O3. The lowest BCUT2D eigenvalue weighted by molar-refractivity contribution is -0.122. The molecule has 1 atom stereocenters. The molecule has 0 saturated carbocycles. The lowest BCUT2D eigenvalue weighted by Crippen LogP contribution is -2.28. The first kappa shape index (κ1) is 15.8. The van der Waals surface area contributed by atoms with Crippen LogP contribution in [0.2, 0.25) is 10.0 Å². The summed E-state index contributed by atoms with van der Waals surface area (Å²) in [6, 6.07) is 6.46. The lowest BCUT2D eigenvalue weighted by atomic mass is 10.1. The number of carbonyl (C=O) groups excluding carboxylic acids is 2. The van der Waals surface area contributed by atoms with Crippen LogP contribution in [0.1, 0.15) is 12.2 Å². The molecule has 2 amide bonds. The van der Waals surface area contributed by atoms with Crippen molar-refractivity contribution >= 4 is 46.5 Å². The van der Waals surface area contributed by atoms with Gasteiger partial charge in [-0.1, -0.05) is 28.4 Å². The van der Waals surface area contributed by atoms with Gasteiger partial charge in [0.1, 0.15) is 5.76 Å². The van der Waals surface area contributed by atoms with Crippen LogP contribution in [0.3, 0.4) is 0 Å². The van der Waals surface area contributed by atoms with Crippen molar-refractivity contribution in [1.82, 2.24) is 5.16 Å². The van der Waals surface area contributed by atoms with E-state index in [-0.39, 0.29) is 24.8 Å². The van der Waals surface area contributed by atoms with Crippen LogP contribution in [0.4, 0.5) is 11.5 Å². The number of nitrogens with zero attached hydrogens (tertiary/aromatic N) is 2. The smallest absolute Gasteiger partial charge is 0.229 e. The molecule has 23 heavy (non-hydrogen) atoms. The number of amides is 2. The third kappa shape index (κ3) is 3.33. The second kappa shape index (κ2) is 6.22. The molecule has 6 nitrogen and oxygen atoms in total. The van der Waals surface area contributed by atoms with Crippen LogP contribution in [0.25, 0.3) is 0 Å². The molecule has 1 aliphatic rings. The third-order valence-electron chi connectivity index (χ3n) is 3.58. The fourth-order valence-electron chi connectivity index (χ4n) is 2.41. The van der Waals surface area contributed by atoms with Gasteiger partial charge in [0.2, 0.25) is 11.8 Å². The van der Waals surface area contributed by atoms with Gasteiger partial charge < -0.3 is 9.84 Å². The number of hydrogen-bond acceptors (Lipinski definition) is 4. The molecule has 120 valence electrons. The molecule has 0 aliphatic carbocycles. The topological polar surface area (TPSA) is 75.4 Å². The van der Waals surface area contributed by atoms with E-state index in [1.807, 2.05) is 0 Å². The van der Waals surface area contributed by atoms with E-state index >= 15 is 0 Å². The van der Waals surface area contributed by atoms with Gasteiger partial charge in [0, 0.05) is 24.1 Å². The Labute approximate surface area is 142 Å². The molecule has 2 aromatic rings. The maximum absolute atomic E-state index is 12.4. The molecule has 8 heteroatoms. The van der Waals surface area contributed by atoms with E-state index < -0.39 is 5.92 Å². The number of aromatic nitrogens is 1. The predicted molar refractivity (Wildman–Crippen MR) is 86.8 cm³/mol. The molecule has 1 aromatic carbocycles. The normalized spacial score (nSPS) is 17.6. The van der Waals surface area contributed by atoms with Crippen molar-refractivity contribution in [3.05, 3.63) is 40.1 Å². The van der Waals surface area contributed by atoms with E-state index in [0.29, 0.717) is 27.3 Å². The standard InChI is InChI=1S/C15H13Cl2N3O3/c1-8-4-13(19-23-8)20-7-9(5-14(20)21)15(22)18-12-3-2-10(16)6-11(12)17/h2-4,6,9H,5,7H2,1H3,(H,18,22). The van der Waals surface area contributed by atoms with E-state index in [1.54, 1.807) is 31.2 Å². The summed E-state index contributed by atoms with van der Waals surface area (Å²) in [7, 11) is 0. The van der Waals surface area contributed by atoms with E-state index in [1.165, 1.54) is 4.90 Å². The largest absolute Gasteiger partial charge is 0.360 e. The van der Waals surface area contributed by atoms with E-state index in [2.05, 4.69) is 10.5 Å². The van der Waals surface area contributed by atoms with Gasteiger partial charge in [-0.3, -0.25) is 14.5 Å². The fourth-order valence-corrected chi connectivity index (χ4v) is 2.87. The van der Waals surface area contributed by atoms with Crippen LogP contribution in [-0.2, 0) is 9.59 Å². The van der Waals surface area contributed by atoms with Gasteiger partial charge in [0.15, 0.2) is 5.82 Å². The van der Waals surface area contributed by atoms with Crippen LogP contribution >= 0.6 is 23.2 Å². The highest BCUT2D eigenvalue weighted by molar-refractivity contribution is 6.36. The maximum atomic E-state index is 12.4. The summed E-state index contributed by atoms with van der Waals surface area (Å²) >= 11 is 11.9. The van der Waals surface area contributed by atoms with Crippen molar-refractivity contribution in [3.63, 3.8) is 0 Å². The van der Waals surface area contributed by atoms with Crippen molar-refractivity contribution in [1.29, 1.82) is 0 Å². The number of nitrogens with one attached hydrogen (secondary N) is 1. The Hall–Kier alpha value is -2.05. The van der Waals surface area contributed by atoms with Crippen molar-refractivity contribution in [2.24, 2.45) is 5.92 Å². The highest BCUT2D eigenvalue weighted by atomic mass is 35.5. The lowest BCUT2D eigenvalue weighted by Gasteiger charge is -2.13. The van der Waals surface area contributed by atoms with E-state index in [4.69, 9.17) is 27.7 Å². The van der Waals surface area contributed by atoms with Gasteiger partial charge in [-0.2, -0.15) is 0 Å². The first-order valence-electron chi connectivity index (χ1n) is 6.93. The van der Waals surface area contributed by atoms with Gasteiger partial charge in [-0.25, -0.2) is 0 Å². The first-order chi connectivity index (χ1) is 10.9. The van der Waals surface area contributed by atoms with E-state index in [0.717, 1.165) is 0 Å². The zero-order chi connectivity index (χ0) is 16.6. The number of carbonyl (C=O) groups is 2. The molecule has 0 radical (unpaired) electrons. The molecule has 0 bridgehead atoms. The highest BCUT2D eigenvalue weighted by Crippen LogP contribution is 2.28. The number of hydrogen-bond donors (Lipinski definition) is 1. The van der Waals surface area contributed by atoms with Crippen molar-refractivity contribution < 1.29 is 14.1 Å². The van der Waals surface area contributed by atoms with Crippen molar-refractivity contribution in [2.45, 2.75) is 13.3 Å². The molecule has 1 fully saturated rings. The number of anilines is 2. The minimum absolute atomic E-state index is 0.114. The summed E-state index contributed by atoms with van der Waals surface area (Å²) in [6.45, 7) is 1.99. The van der Waals surface area contributed by atoms with Crippen LogP contribution in [0, 0.1) is 12.8 Å². The van der Waals surface area contributed by atoms with Crippen LogP contribution < -0.4 is 10.2 Å². The molecular weight excluding hydrogens is 341 g/mol. The number of halogens is 2. The Kier molecular flexibility index (Phi) is 4.28. The maximum Gasteiger partial charge on any atom is 0.229 e. The summed E-state index contributed by atoms with van der Waals surface area (Å²) in [5.74, 6) is 0.109. The molecule has 1 N–H and O–H groups in total. The molecule has 1 unspecified atom stereocenters. The minimum Gasteiger partial charge on any atom is -0.360 e. The summed E-state index contributed by atoms with van der Waals surface area (Å²) in [5.41, 5.74) is 0.462. The quantitative estimate of drug-likeness (QED) is 0.918. The van der Waals surface area contributed by atoms with Crippen molar-refractivity contribution in [2.75, 3.05) is 16.8 Å². The van der Waals surface area contributed by atoms with Gasteiger partial charge in [0.25, 0.3) is 0 Å². The second-order valence-electron chi connectivity index (χ2n) is 5.31. The minimum atomic E-state index is -0.480. The van der Waals surface area contributed by atoms with Crippen LogP contribution in [-0.4, -0.2) is 23.5 Å². The van der Waals surface area contributed by atoms with Gasteiger partial charge >= 0.3 is 0 Å². The Balaban J connectivity index is 1.70. The zero-order valence-electron chi connectivity index (χ0n) is 12.2. The first-order valence-corrected chi connectivity index (χ1v) is 7.69. The molecule has 0 spiro atoms. The summed E-state index contributed by atoms with van der Waals surface area (Å²) in [6.07, 6.45) is 0.114. The summed E-state index contributed by atoms with van der Waals surface area (Å²) in [4.78, 5) is 25.9. The number of rotatable bonds is 3. The third-order valence-corrected chi connectivity index (χ3v) is 4.12. The highest BCUT2D eigenvalue weighted by Gasteiger charge is 2.36. The average molecular weight is 354 g/mol. The van der Waals surface area contributed by atoms with Gasteiger partial charge in [0.05, 0.1) is 16.6 Å². The van der Waals surface area contributed by atoms with E-state index in [9.17, 15) is 9.59 Å². The average Bonchev–Trinajstić information content (AvgIpc) is 3.08.